The molecule has 0 unspecified atom stereocenters. The maximum Gasteiger partial charge on any atom is 0.200 e. The van der Waals surface area contributed by atoms with Gasteiger partial charge in [-0.05, 0) is 38.9 Å². The van der Waals surface area contributed by atoms with Crippen LogP contribution >= 0.6 is 12.2 Å². The molecule has 10 heteroatoms. The van der Waals surface area contributed by atoms with Gasteiger partial charge < -0.3 is 10.6 Å². The third-order valence-electron chi connectivity index (χ3n) is 4.92. The minimum absolute atomic E-state index is 0.295. The molecule has 1 aliphatic carbocycles. The van der Waals surface area contributed by atoms with Gasteiger partial charge in [0.15, 0.2) is 28.4 Å². The van der Waals surface area contributed by atoms with Gasteiger partial charge in [-0.25, -0.2) is 22.0 Å². The lowest BCUT2D eigenvalue weighted by Crippen LogP contribution is -2.36. The zero-order chi connectivity index (χ0) is 20.6. The molecule has 0 atom stereocenters. The number of thiocarbonyl (C=S) groups is 1. The predicted molar refractivity (Wildman–Crippen MR) is 98.6 cm³/mol. The lowest BCUT2D eigenvalue weighted by atomic mass is 10.1. The smallest absolute Gasteiger partial charge is 0.200 e. The Kier molecular flexibility index (Phi) is 5.87. The zero-order valence-corrected chi connectivity index (χ0v) is 16.1. The second kappa shape index (κ2) is 8.02. The molecule has 0 saturated heterocycles. The van der Waals surface area contributed by atoms with Crippen molar-refractivity contribution < 1.29 is 22.0 Å². The molecule has 1 saturated carbocycles. The third kappa shape index (κ3) is 3.82. The van der Waals surface area contributed by atoms with E-state index >= 15 is 0 Å². The molecule has 1 aliphatic rings. The first-order valence-electron chi connectivity index (χ1n) is 8.82. The topological polar surface area (TPSA) is 41.9 Å². The van der Waals surface area contributed by atoms with Crippen LogP contribution < -0.4 is 10.6 Å². The number of nitrogens with zero attached hydrogens (tertiary/aromatic N) is 2. The van der Waals surface area contributed by atoms with E-state index in [-0.39, 0.29) is 0 Å². The Morgan fingerprint density at radius 1 is 1.00 bits per heavy atom. The largest absolute Gasteiger partial charge is 0.360 e. The van der Waals surface area contributed by atoms with Crippen molar-refractivity contribution in [2.45, 2.75) is 52.1 Å². The molecule has 0 bridgehead atoms. The summed E-state index contributed by atoms with van der Waals surface area (Å²) in [6.45, 7) is 2.66. The van der Waals surface area contributed by atoms with Crippen molar-refractivity contribution in [1.82, 2.24) is 15.1 Å². The van der Waals surface area contributed by atoms with Crippen LogP contribution in [0.2, 0.25) is 0 Å². The summed E-state index contributed by atoms with van der Waals surface area (Å²) in [6, 6.07) is 0.295. The van der Waals surface area contributed by atoms with Crippen molar-refractivity contribution >= 4 is 23.0 Å². The Hall–Kier alpha value is -2.23. The third-order valence-corrected chi connectivity index (χ3v) is 5.14. The molecule has 1 aromatic heterocycles. The number of halogens is 5. The van der Waals surface area contributed by atoms with Crippen molar-refractivity contribution in [3.63, 3.8) is 0 Å². The summed E-state index contributed by atoms with van der Waals surface area (Å²) >= 11 is 5.30. The van der Waals surface area contributed by atoms with Gasteiger partial charge in [0.25, 0.3) is 0 Å². The second-order valence-corrected chi connectivity index (χ2v) is 7.24. The van der Waals surface area contributed by atoms with E-state index in [0.29, 0.717) is 28.2 Å². The summed E-state index contributed by atoms with van der Waals surface area (Å²) < 4.78 is 69.2. The standard InChI is InChI=1S/C18H19F5N4S/c1-8-17(25-18(28)24-10-5-3-4-6-10)9(2)27(26-8)7-11-12(19)14(21)16(23)15(22)13(11)20/h10H,3-7H2,1-2H3,(H2,24,25,28). The number of aryl methyl sites for hydroxylation is 1. The molecular formula is C18H19F5N4S. The first-order valence-corrected chi connectivity index (χ1v) is 9.23. The number of rotatable bonds is 4. The molecule has 1 heterocycles. The summed E-state index contributed by atoms with van der Waals surface area (Å²) in [6.07, 6.45) is 4.33. The number of aromatic nitrogens is 2. The molecule has 2 N–H and O–H groups in total. The number of anilines is 1. The molecule has 1 aromatic carbocycles. The van der Waals surface area contributed by atoms with Crippen LogP contribution in [0.4, 0.5) is 27.6 Å². The summed E-state index contributed by atoms with van der Waals surface area (Å²) in [5, 5.41) is 10.8. The average Bonchev–Trinajstić information content (AvgIpc) is 3.25. The van der Waals surface area contributed by atoms with Crippen LogP contribution in [-0.2, 0) is 6.54 Å². The fourth-order valence-corrected chi connectivity index (χ4v) is 3.64. The number of benzene rings is 1. The maximum absolute atomic E-state index is 14.0. The first kappa shape index (κ1) is 20.5. The van der Waals surface area contributed by atoms with Crippen molar-refractivity contribution in [2.24, 2.45) is 0 Å². The second-order valence-electron chi connectivity index (χ2n) is 6.83. The Balaban J connectivity index is 1.83. The SMILES string of the molecule is Cc1nn(Cc2c(F)c(F)c(F)c(F)c2F)c(C)c1NC(=S)NC1CCCC1. The van der Waals surface area contributed by atoms with Gasteiger partial charge in [0.05, 0.1) is 29.2 Å². The van der Waals surface area contributed by atoms with E-state index in [9.17, 15) is 22.0 Å². The Labute approximate surface area is 164 Å². The molecule has 4 nitrogen and oxygen atoms in total. The van der Waals surface area contributed by atoms with Crippen LogP contribution in [0.5, 0.6) is 0 Å². The van der Waals surface area contributed by atoms with Crippen molar-refractivity contribution in [1.29, 1.82) is 0 Å². The van der Waals surface area contributed by atoms with Gasteiger partial charge >= 0.3 is 0 Å². The Bertz CT molecular complexity index is 892. The highest BCUT2D eigenvalue weighted by Crippen LogP contribution is 2.26. The van der Waals surface area contributed by atoms with Gasteiger partial charge in [-0.15, -0.1) is 0 Å². The summed E-state index contributed by atoms with van der Waals surface area (Å²) in [7, 11) is 0. The minimum Gasteiger partial charge on any atom is -0.360 e. The Morgan fingerprint density at radius 2 is 1.54 bits per heavy atom. The lowest BCUT2D eigenvalue weighted by Gasteiger charge is -2.16. The number of hydrogen-bond donors (Lipinski definition) is 2. The van der Waals surface area contributed by atoms with E-state index in [1.165, 1.54) is 4.68 Å². The fraction of sp³-hybridized carbons (Fsp3) is 0.444. The highest BCUT2D eigenvalue weighted by molar-refractivity contribution is 7.80. The van der Waals surface area contributed by atoms with Gasteiger partial charge in [-0.3, -0.25) is 4.68 Å². The van der Waals surface area contributed by atoms with Crippen molar-refractivity contribution in [3.05, 3.63) is 46.0 Å². The first-order chi connectivity index (χ1) is 13.2. The molecule has 3 rings (SSSR count). The van der Waals surface area contributed by atoms with Crippen molar-refractivity contribution in [3.8, 4) is 0 Å². The fourth-order valence-electron chi connectivity index (χ4n) is 3.38. The van der Waals surface area contributed by atoms with E-state index in [2.05, 4.69) is 15.7 Å². The van der Waals surface area contributed by atoms with E-state index in [4.69, 9.17) is 12.2 Å². The average molecular weight is 418 g/mol. The van der Waals surface area contributed by atoms with Crippen molar-refractivity contribution in [2.75, 3.05) is 5.32 Å². The number of hydrogen-bond acceptors (Lipinski definition) is 2. The van der Waals surface area contributed by atoms with Crippen LogP contribution in [0, 0.1) is 42.9 Å². The van der Waals surface area contributed by atoms with Crippen LogP contribution in [0.25, 0.3) is 0 Å². The normalized spacial score (nSPS) is 14.5. The van der Waals surface area contributed by atoms with Crippen LogP contribution in [0.15, 0.2) is 0 Å². The van der Waals surface area contributed by atoms with Gasteiger partial charge in [-0.2, -0.15) is 5.10 Å². The maximum atomic E-state index is 14.0. The van der Waals surface area contributed by atoms with Gasteiger partial charge in [0, 0.05) is 6.04 Å². The number of nitrogens with one attached hydrogen (secondary N) is 2. The quantitative estimate of drug-likeness (QED) is 0.333. The van der Waals surface area contributed by atoms with Gasteiger partial charge in [0.2, 0.25) is 5.82 Å². The monoisotopic (exact) mass is 418 g/mol. The molecule has 1 fully saturated rings. The minimum atomic E-state index is -2.18. The molecule has 0 amide bonds. The highest BCUT2D eigenvalue weighted by Gasteiger charge is 2.27. The molecule has 152 valence electrons. The van der Waals surface area contributed by atoms with E-state index in [0.717, 1.165) is 25.7 Å². The Morgan fingerprint density at radius 3 is 2.11 bits per heavy atom. The van der Waals surface area contributed by atoms with E-state index < -0.39 is 41.2 Å². The van der Waals surface area contributed by atoms with Gasteiger partial charge in [-0.1, -0.05) is 12.8 Å². The molecular weight excluding hydrogens is 399 g/mol. The zero-order valence-electron chi connectivity index (χ0n) is 15.3. The predicted octanol–water partition coefficient (Wildman–Crippen LogP) is 4.47. The van der Waals surface area contributed by atoms with Crippen LogP contribution in [-0.4, -0.2) is 20.9 Å². The summed E-state index contributed by atoms with van der Waals surface area (Å²) in [5.74, 6) is -9.86. The summed E-state index contributed by atoms with van der Waals surface area (Å²) in [4.78, 5) is 0. The molecule has 0 aliphatic heterocycles. The van der Waals surface area contributed by atoms with E-state index in [1.54, 1.807) is 13.8 Å². The molecule has 2 aromatic rings. The van der Waals surface area contributed by atoms with Crippen LogP contribution in [0.3, 0.4) is 0 Å². The van der Waals surface area contributed by atoms with Gasteiger partial charge in [0.1, 0.15) is 0 Å². The molecule has 0 radical (unpaired) electrons. The van der Waals surface area contributed by atoms with Crippen LogP contribution in [0.1, 0.15) is 42.6 Å². The summed E-state index contributed by atoms with van der Waals surface area (Å²) in [5.41, 5.74) is 0.522. The van der Waals surface area contributed by atoms with E-state index in [1.807, 2.05) is 0 Å². The lowest BCUT2D eigenvalue weighted by molar-refractivity contribution is 0.366. The molecule has 28 heavy (non-hydrogen) atoms. The highest BCUT2D eigenvalue weighted by atomic mass is 32.1. The molecule has 0 spiro atoms.